The van der Waals surface area contributed by atoms with Gasteiger partial charge in [0.15, 0.2) is 0 Å². The molecule has 0 heterocycles. The van der Waals surface area contributed by atoms with Crippen molar-refractivity contribution < 1.29 is 24.5 Å². The molecule has 0 aliphatic carbocycles. The second kappa shape index (κ2) is 6.38. The van der Waals surface area contributed by atoms with Gasteiger partial charge in [-0.3, -0.25) is 4.79 Å². The zero-order valence-electron chi connectivity index (χ0n) is 7.32. The standard InChI is InChI=1S/C7H13NO5/c1-2-13-4-6(10)8-5(3-9)7(11)12/h5,9H,2-4H2,1H3,(H,8,10)(H,11,12)/t5-/m1/s1. The predicted molar refractivity (Wildman–Crippen MR) is 43.1 cm³/mol. The molecule has 76 valence electrons. The van der Waals surface area contributed by atoms with Crippen molar-refractivity contribution in [2.75, 3.05) is 19.8 Å². The normalized spacial score (nSPS) is 12.2. The van der Waals surface area contributed by atoms with E-state index in [0.29, 0.717) is 6.61 Å². The average molecular weight is 191 g/mol. The molecule has 0 aliphatic heterocycles. The Balaban J connectivity index is 3.80. The highest BCUT2D eigenvalue weighted by Crippen LogP contribution is 1.83. The molecule has 0 spiro atoms. The topological polar surface area (TPSA) is 95.9 Å². The Morgan fingerprint density at radius 3 is 2.54 bits per heavy atom. The number of carboxylic acid groups (broad SMARTS) is 1. The number of ether oxygens (including phenoxy) is 1. The van der Waals surface area contributed by atoms with Gasteiger partial charge in [-0.1, -0.05) is 0 Å². The number of carbonyl (C=O) groups excluding carboxylic acids is 1. The molecular weight excluding hydrogens is 178 g/mol. The molecule has 13 heavy (non-hydrogen) atoms. The van der Waals surface area contributed by atoms with Gasteiger partial charge < -0.3 is 20.3 Å². The fourth-order valence-corrected chi connectivity index (χ4v) is 0.616. The van der Waals surface area contributed by atoms with Crippen molar-refractivity contribution >= 4 is 11.9 Å². The SMILES string of the molecule is CCOCC(=O)N[C@H](CO)C(=O)O. The van der Waals surface area contributed by atoms with E-state index in [2.05, 4.69) is 5.32 Å². The van der Waals surface area contributed by atoms with E-state index in [1.807, 2.05) is 0 Å². The average Bonchev–Trinajstić information content (AvgIpc) is 2.10. The molecule has 0 aromatic heterocycles. The lowest BCUT2D eigenvalue weighted by molar-refractivity contribution is -0.143. The Kier molecular flexibility index (Phi) is 5.82. The summed E-state index contributed by atoms with van der Waals surface area (Å²) >= 11 is 0. The molecule has 1 atom stereocenters. The van der Waals surface area contributed by atoms with Crippen LogP contribution in [0.4, 0.5) is 0 Å². The van der Waals surface area contributed by atoms with E-state index in [1.165, 1.54) is 0 Å². The van der Waals surface area contributed by atoms with E-state index in [1.54, 1.807) is 6.92 Å². The number of hydrogen-bond donors (Lipinski definition) is 3. The summed E-state index contributed by atoms with van der Waals surface area (Å²) in [4.78, 5) is 21.2. The number of rotatable bonds is 6. The highest BCUT2D eigenvalue weighted by Gasteiger charge is 2.18. The molecule has 0 fully saturated rings. The summed E-state index contributed by atoms with van der Waals surface area (Å²) in [5.41, 5.74) is 0. The van der Waals surface area contributed by atoms with E-state index in [4.69, 9.17) is 14.9 Å². The van der Waals surface area contributed by atoms with E-state index < -0.39 is 24.5 Å². The third-order valence-electron chi connectivity index (χ3n) is 1.25. The van der Waals surface area contributed by atoms with Crippen molar-refractivity contribution in [3.63, 3.8) is 0 Å². The van der Waals surface area contributed by atoms with Crippen LogP contribution in [0.5, 0.6) is 0 Å². The van der Waals surface area contributed by atoms with Gasteiger partial charge in [-0.25, -0.2) is 4.79 Å². The molecule has 0 aromatic carbocycles. The number of carboxylic acids is 1. The Hall–Kier alpha value is -1.14. The summed E-state index contributed by atoms with van der Waals surface area (Å²) < 4.78 is 4.73. The molecule has 0 bridgehead atoms. The smallest absolute Gasteiger partial charge is 0.328 e. The molecule has 0 radical (unpaired) electrons. The molecule has 0 saturated heterocycles. The molecule has 0 aromatic rings. The van der Waals surface area contributed by atoms with Crippen molar-refractivity contribution in [2.45, 2.75) is 13.0 Å². The molecule has 0 saturated carbocycles. The highest BCUT2D eigenvalue weighted by molar-refractivity contribution is 5.84. The van der Waals surface area contributed by atoms with E-state index in [9.17, 15) is 9.59 Å². The second-order valence-electron chi connectivity index (χ2n) is 2.28. The minimum atomic E-state index is -1.27. The van der Waals surface area contributed by atoms with Crippen LogP contribution in [0, 0.1) is 0 Å². The fourth-order valence-electron chi connectivity index (χ4n) is 0.616. The van der Waals surface area contributed by atoms with Gasteiger partial charge in [-0.15, -0.1) is 0 Å². The van der Waals surface area contributed by atoms with Crippen molar-refractivity contribution in [1.29, 1.82) is 0 Å². The lowest BCUT2D eigenvalue weighted by atomic mass is 10.3. The zero-order chi connectivity index (χ0) is 10.3. The third-order valence-corrected chi connectivity index (χ3v) is 1.25. The summed E-state index contributed by atoms with van der Waals surface area (Å²) in [5.74, 6) is -1.82. The van der Waals surface area contributed by atoms with Gasteiger partial charge in [0.1, 0.15) is 12.6 Å². The van der Waals surface area contributed by atoms with Gasteiger partial charge in [-0.05, 0) is 6.92 Å². The van der Waals surface area contributed by atoms with Crippen molar-refractivity contribution in [3.05, 3.63) is 0 Å². The molecular formula is C7H13NO5. The maximum Gasteiger partial charge on any atom is 0.328 e. The number of aliphatic hydroxyl groups excluding tert-OH is 1. The van der Waals surface area contributed by atoms with Crippen LogP contribution in [0.1, 0.15) is 6.92 Å². The van der Waals surface area contributed by atoms with Gasteiger partial charge in [0.2, 0.25) is 5.91 Å². The summed E-state index contributed by atoms with van der Waals surface area (Å²) in [6.45, 7) is 1.27. The van der Waals surface area contributed by atoms with Gasteiger partial charge in [-0.2, -0.15) is 0 Å². The minimum Gasteiger partial charge on any atom is -0.480 e. The maximum atomic E-state index is 10.9. The minimum absolute atomic E-state index is 0.194. The first-order valence-electron chi connectivity index (χ1n) is 3.82. The third kappa shape index (κ3) is 5.15. The largest absolute Gasteiger partial charge is 0.480 e. The summed E-state index contributed by atoms with van der Waals surface area (Å²) in [5, 5.41) is 19.1. The lowest BCUT2D eigenvalue weighted by Crippen LogP contribution is -2.44. The highest BCUT2D eigenvalue weighted by atomic mass is 16.5. The van der Waals surface area contributed by atoms with Gasteiger partial charge in [0.05, 0.1) is 6.61 Å². The first kappa shape index (κ1) is 11.9. The van der Waals surface area contributed by atoms with Gasteiger partial charge in [0.25, 0.3) is 0 Å². The summed E-state index contributed by atoms with van der Waals surface area (Å²) in [6.07, 6.45) is 0. The predicted octanol–water partition coefficient (Wildman–Crippen LogP) is -1.42. The molecule has 0 aliphatic rings. The molecule has 6 heteroatoms. The van der Waals surface area contributed by atoms with Crippen molar-refractivity contribution in [3.8, 4) is 0 Å². The quantitative estimate of drug-likeness (QED) is 0.479. The number of nitrogens with one attached hydrogen (secondary N) is 1. The molecule has 0 rings (SSSR count). The van der Waals surface area contributed by atoms with Crippen LogP contribution in [-0.4, -0.2) is 48.0 Å². The van der Waals surface area contributed by atoms with Crippen molar-refractivity contribution in [2.24, 2.45) is 0 Å². The molecule has 3 N–H and O–H groups in total. The number of hydrogen-bond acceptors (Lipinski definition) is 4. The Morgan fingerprint density at radius 1 is 1.54 bits per heavy atom. The number of aliphatic hydroxyl groups is 1. The monoisotopic (exact) mass is 191 g/mol. The number of amides is 1. The van der Waals surface area contributed by atoms with Crippen LogP contribution in [0.15, 0.2) is 0 Å². The fraction of sp³-hybridized carbons (Fsp3) is 0.714. The zero-order valence-corrected chi connectivity index (χ0v) is 7.32. The first-order chi connectivity index (χ1) is 6.11. The van der Waals surface area contributed by atoms with Gasteiger partial charge >= 0.3 is 5.97 Å². The van der Waals surface area contributed by atoms with E-state index >= 15 is 0 Å². The number of aliphatic carboxylic acids is 1. The van der Waals surface area contributed by atoms with Crippen LogP contribution in [0.25, 0.3) is 0 Å². The van der Waals surface area contributed by atoms with Gasteiger partial charge in [0, 0.05) is 6.61 Å². The van der Waals surface area contributed by atoms with E-state index in [-0.39, 0.29) is 6.61 Å². The van der Waals surface area contributed by atoms with E-state index in [0.717, 1.165) is 0 Å². The van der Waals surface area contributed by atoms with Crippen LogP contribution < -0.4 is 5.32 Å². The van der Waals surface area contributed by atoms with Crippen LogP contribution >= 0.6 is 0 Å². The van der Waals surface area contributed by atoms with Crippen LogP contribution in [0.3, 0.4) is 0 Å². The maximum absolute atomic E-state index is 10.9. The van der Waals surface area contributed by atoms with Crippen molar-refractivity contribution in [1.82, 2.24) is 5.32 Å². The summed E-state index contributed by atoms with van der Waals surface area (Å²) in [7, 11) is 0. The molecule has 0 unspecified atom stereocenters. The summed E-state index contributed by atoms with van der Waals surface area (Å²) in [6, 6.07) is -1.26. The Morgan fingerprint density at radius 2 is 2.15 bits per heavy atom. The number of carbonyl (C=O) groups is 2. The van der Waals surface area contributed by atoms with Crippen LogP contribution in [-0.2, 0) is 14.3 Å². The molecule has 1 amide bonds. The lowest BCUT2D eigenvalue weighted by Gasteiger charge is -2.10. The second-order valence-corrected chi connectivity index (χ2v) is 2.28. The molecule has 6 nitrogen and oxygen atoms in total. The van der Waals surface area contributed by atoms with Crippen LogP contribution in [0.2, 0.25) is 0 Å². The Bertz CT molecular complexity index is 182. The Labute approximate surface area is 75.5 Å². The first-order valence-corrected chi connectivity index (χ1v) is 3.82.